The average Bonchev–Trinajstić information content (AvgIpc) is 3.54. The normalized spacial score (nSPS) is 22.7. The van der Waals surface area contributed by atoms with Crippen molar-refractivity contribution < 1.29 is 4.74 Å². The van der Waals surface area contributed by atoms with Crippen molar-refractivity contribution in [3.63, 3.8) is 0 Å². The first-order chi connectivity index (χ1) is 20.1. The van der Waals surface area contributed by atoms with Crippen LogP contribution in [-0.4, -0.2) is 30.0 Å². The number of anilines is 2. The molecular weight excluding hydrogens is 708 g/mol. The van der Waals surface area contributed by atoms with Crippen molar-refractivity contribution in [2.75, 3.05) is 23.1 Å². The Morgan fingerprint density at radius 2 is 1.51 bits per heavy atom. The molecule has 0 N–H and O–H groups in total. The highest BCUT2D eigenvalue weighted by atomic mass is 79.9. The van der Waals surface area contributed by atoms with E-state index in [1.807, 2.05) is 0 Å². The number of benzene rings is 4. The van der Waals surface area contributed by atoms with Crippen LogP contribution in [0.1, 0.15) is 28.3 Å². The van der Waals surface area contributed by atoms with E-state index in [1.54, 1.807) is 0 Å². The molecule has 4 aromatic carbocycles. The molecule has 0 aromatic heterocycles. The topological polar surface area (TPSA) is 31.3 Å². The second-order valence-corrected chi connectivity index (χ2v) is 13.3. The molecule has 4 aromatic rings. The van der Waals surface area contributed by atoms with Crippen molar-refractivity contribution in [3.05, 3.63) is 132 Å². The Labute approximate surface area is 264 Å². The van der Waals surface area contributed by atoms with Gasteiger partial charge < -0.3 is 9.64 Å². The van der Waals surface area contributed by atoms with E-state index in [-0.39, 0.29) is 12.1 Å². The monoisotopic (exact) mass is 730 g/mol. The summed E-state index contributed by atoms with van der Waals surface area (Å²) in [6.45, 7) is 1.34. The third-order valence-corrected chi connectivity index (χ3v) is 10.1. The van der Waals surface area contributed by atoms with Crippen molar-refractivity contribution in [1.29, 1.82) is 0 Å². The van der Waals surface area contributed by atoms with Crippen molar-refractivity contribution in [3.8, 4) is 0 Å². The predicted molar refractivity (Wildman–Crippen MR) is 175 cm³/mol. The molecule has 0 saturated carbocycles. The molecule has 0 radical (unpaired) electrons. The van der Waals surface area contributed by atoms with Crippen molar-refractivity contribution >= 4 is 70.7 Å². The molecule has 2 atom stereocenters. The lowest BCUT2D eigenvalue weighted by Gasteiger charge is -2.42. The molecule has 1 saturated heterocycles. The summed E-state index contributed by atoms with van der Waals surface area (Å²) in [6, 6.07) is 32.5. The van der Waals surface area contributed by atoms with Gasteiger partial charge in [-0.25, -0.2) is 5.01 Å². The van der Waals surface area contributed by atoms with Crippen LogP contribution >= 0.6 is 47.8 Å². The lowest BCUT2D eigenvalue weighted by Crippen LogP contribution is -2.47. The first-order valence-corrected chi connectivity index (χ1v) is 16.1. The van der Waals surface area contributed by atoms with Crippen molar-refractivity contribution in [2.45, 2.75) is 25.0 Å². The number of fused-ring (bicyclic) bond motifs is 6. The van der Waals surface area contributed by atoms with Crippen LogP contribution in [0.25, 0.3) is 5.70 Å². The van der Waals surface area contributed by atoms with Gasteiger partial charge in [0.15, 0.2) is 11.7 Å². The fourth-order valence-electron chi connectivity index (χ4n) is 6.67. The molecule has 3 aliphatic heterocycles. The van der Waals surface area contributed by atoms with Gasteiger partial charge >= 0.3 is 0 Å². The molecule has 1 aliphatic carbocycles. The van der Waals surface area contributed by atoms with Crippen LogP contribution in [0.3, 0.4) is 0 Å². The van der Waals surface area contributed by atoms with Crippen LogP contribution < -0.4 is 9.91 Å². The molecule has 0 bridgehead atoms. The lowest BCUT2D eigenvalue weighted by atomic mass is 9.94. The van der Waals surface area contributed by atoms with Gasteiger partial charge in [0.2, 0.25) is 0 Å². The van der Waals surface area contributed by atoms with E-state index in [4.69, 9.17) is 9.84 Å². The van der Waals surface area contributed by atoms with Crippen LogP contribution in [0, 0.1) is 0 Å². The average molecular weight is 733 g/mol. The number of morpholine rings is 1. The first kappa shape index (κ1) is 25.8. The Morgan fingerprint density at radius 3 is 2.32 bits per heavy atom. The van der Waals surface area contributed by atoms with Gasteiger partial charge in [0.05, 0.1) is 23.5 Å². The van der Waals surface area contributed by atoms with Gasteiger partial charge in [0.25, 0.3) is 0 Å². The first-order valence-electron chi connectivity index (χ1n) is 13.7. The molecule has 41 heavy (non-hydrogen) atoms. The van der Waals surface area contributed by atoms with Gasteiger partial charge in [-0.2, -0.15) is 0 Å². The summed E-state index contributed by atoms with van der Waals surface area (Å²) in [7, 11) is 0. The third kappa shape index (κ3) is 4.14. The van der Waals surface area contributed by atoms with E-state index in [9.17, 15) is 0 Å². The molecule has 0 spiro atoms. The molecule has 4 aliphatic rings. The maximum absolute atomic E-state index is 6.51. The summed E-state index contributed by atoms with van der Waals surface area (Å²) in [6.07, 6.45) is 1.93. The minimum atomic E-state index is 0.0333. The Morgan fingerprint density at radius 1 is 0.805 bits per heavy atom. The molecule has 8 heteroatoms. The third-order valence-electron chi connectivity index (χ3n) is 8.39. The van der Waals surface area contributed by atoms with Gasteiger partial charge in [0.1, 0.15) is 6.61 Å². The molecule has 0 amide bonds. The minimum absolute atomic E-state index is 0.0333. The van der Waals surface area contributed by atoms with Crippen LogP contribution in [0.4, 0.5) is 11.4 Å². The second-order valence-electron chi connectivity index (χ2n) is 10.7. The highest BCUT2D eigenvalue weighted by Crippen LogP contribution is 2.51. The number of hydrogen-bond donors (Lipinski definition) is 0. The maximum Gasteiger partial charge on any atom is 0.161 e. The molecular formula is C33H25Br3N4O. The van der Waals surface area contributed by atoms with E-state index < -0.39 is 0 Å². The predicted octanol–water partition coefficient (Wildman–Crippen LogP) is 8.49. The Balaban J connectivity index is 1.44. The lowest BCUT2D eigenvalue weighted by molar-refractivity contribution is 0.0131. The Hall–Kier alpha value is -2.91. The summed E-state index contributed by atoms with van der Waals surface area (Å²) < 4.78 is 9.39. The molecule has 0 unspecified atom stereocenters. The zero-order valence-electron chi connectivity index (χ0n) is 22.0. The summed E-state index contributed by atoms with van der Waals surface area (Å²) in [4.78, 5) is 4.93. The maximum atomic E-state index is 6.51. The van der Waals surface area contributed by atoms with Crippen molar-refractivity contribution in [2.24, 2.45) is 5.10 Å². The number of amidine groups is 1. The highest BCUT2D eigenvalue weighted by molar-refractivity contribution is 9.11. The van der Waals surface area contributed by atoms with Crippen LogP contribution in [0.15, 0.2) is 115 Å². The number of nitrogens with zero attached hydrogens (tertiary/aromatic N) is 4. The van der Waals surface area contributed by atoms with E-state index in [0.29, 0.717) is 6.61 Å². The Bertz CT molecular complexity index is 1730. The number of hydrogen-bond acceptors (Lipinski definition) is 5. The standard InChI is InChI=1S/C33H25Br3N4O/c34-22-17-26(35)32(27(36)18-22)40-33(39-29(37-40)19-41-28-16-21-9-5-7-13-25(21)30(28)39)31-24-12-6-4-8-20(24)14-15-38(31)23-10-2-1-3-11-23/h1-13,17-18,28,30H,14-16,19H2/b33-31-/t28-,30+/m1/s1. The Kier molecular flexibility index (Phi) is 6.36. The minimum Gasteiger partial charge on any atom is -0.367 e. The van der Waals surface area contributed by atoms with E-state index in [2.05, 4.69) is 154 Å². The fourth-order valence-corrected chi connectivity index (χ4v) is 9.27. The van der Waals surface area contributed by atoms with Gasteiger partial charge in [-0.05, 0) is 79.2 Å². The van der Waals surface area contributed by atoms with Gasteiger partial charge in [-0.15, -0.1) is 5.10 Å². The molecule has 1 fully saturated rings. The zero-order chi connectivity index (χ0) is 27.7. The molecule has 5 nitrogen and oxygen atoms in total. The number of hydrazone groups is 1. The van der Waals surface area contributed by atoms with E-state index >= 15 is 0 Å². The fraction of sp³-hybridized carbons (Fsp3) is 0.182. The van der Waals surface area contributed by atoms with E-state index in [0.717, 1.165) is 55.8 Å². The van der Waals surface area contributed by atoms with Gasteiger partial charge in [0, 0.05) is 37.6 Å². The van der Waals surface area contributed by atoms with Crippen LogP contribution in [0.2, 0.25) is 0 Å². The smallest absolute Gasteiger partial charge is 0.161 e. The van der Waals surface area contributed by atoms with E-state index in [1.165, 1.54) is 27.9 Å². The molecule has 8 rings (SSSR count). The van der Waals surface area contributed by atoms with Crippen LogP contribution in [-0.2, 0) is 17.6 Å². The number of rotatable bonds is 2. The summed E-state index contributed by atoms with van der Waals surface area (Å²) in [5.41, 5.74) is 8.53. The molecule has 204 valence electrons. The second kappa shape index (κ2) is 10.1. The number of para-hydroxylation sites is 1. The summed E-state index contributed by atoms with van der Waals surface area (Å²) in [5, 5.41) is 7.43. The van der Waals surface area contributed by atoms with Crippen LogP contribution in [0.5, 0.6) is 0 Å². The van der Waals surface area contributed by atoms with Gasteiger partial charge in [-0.1, -0.05) is 82.7 Å². The largest absolute Gasteiger partial charge is 0.367 e. The highest BCUT2D eigenvalue weighted by Gasteiger charge is 2.50. The zero-order valence-corrected chi connectivity index (χ0v) is 26.7. The summed E-state index contributed by atoms with van der Waals surface area (Å²) in [5.74, 6) is 1.97. The number of halogens is 3. The molecule has 3 heterocycles. The summed E-state index contributed by atoms with van der Waals surface area (Å²) >= 11 is 11.4. The van der Waals surface area contributed by atoms with Gasteiger partial charge in [-0.3, -0.25) is 4.90 Å². The quantitative estimate of drug-likeness (QED) is 0.207. The number of ether oxygens (including phenoxy) is 1. The van der Waals surface area contributed by atoms with Crippen molar-refractivity contribution in [1.82, 2.24) is 4.90 Å². The SMILES string of the molecule is Brc1cc(Br)c(N2N=C3CO[C@@H]4Cc5ccccc5[C@@H]4N3/C2=C2\c3ccccc3CCN2c2ccccc2)c(Br)c1.